The first-order valence-electron chi connectivity index (χ1n) is 6.48. The second kappa shape index (κ2) is 6.94. The van der Waals surface area contributed by atoms with Gasteiger partial charge in [-0.05, 0) is 26.2 Å². The monoisotopic (exact) mass is 293 g/mol. The van der Waals surface area contributed by atoms with E-state index in [1.165, 1.54) is 24.5 Å². The highest BCUT2D eigenvalue weighted by atomic mass is 19.1. The van der Waals surface area contributed by atoms with Crippen molar-refractivity contribution in [1.82, 2.24) is 14.9 Å². The molecule has 1 aromatic carbocycles. The second-order valence-electron chi connectivity index (χ2n) is 4.74. The number of anilines is 3. The van der Waals surface area contributed by atoms with E-state index in [0.717, 1.165) is 6.54 Å². The second-order valence-corrected chi connectivity index (χ2v) is 4.74. The number of nitrogens with zero attached hydrogens (tertiary/aromatic N) is 3. The Morgan fingerprint density at radius 1 is 1.10 bits per heavy atom. The SMILES string of the molecule is CN(C)CCNc1cc(Nc2c(F)cccc2F)ncn1. The van der Waals surface area contributed by atoms with E-state index in [2.05, 4.69) is 20.6 Å². The molecular weight excluding hydrogens is 276 g/mol. The number of halogens is 2. The number of nitrogens with one attached hydrogen (secondary N) is 2. The zero-order chi connectivity index (χ0) is 15.2. The molecule has 0 aliphatic rings. The van der Waals surface area contributed by atoms with E-state index in [9.17, 15) is 8.78 Å². The van der Waals surface area contributed by atoms with Crippen LogP contribution in [0.5, 0.6) is 0 Å². The summed E-state index contributed by atoms with van der Waals surface area (Å²) in [6.45, 7) is 1.55. The molecule has 0 amide bonds. The first-order chi connectivity index (χ1) is 10.1. The van der Waals surface area contributed by atoms with Crippen molar-refractivity contribution in [2.45, 2.75) is 0 Å². The summed E-state index contributed by atoms with van der Waals surface area (Å²) in [6.07, 6.45) is 1.33. The van der Waals surface area contributed by atoms with Crippen molar-refractivity contribution < 1.29 is 8.78 Å². The summed E-state index contributed by atoms with van der Waals surface area (Å²) >= 11 is 0. The Bertz CT molecular complexity index is 583. The van der Waals surface area contributed by atoms with E-state index in [1.54, 1.807) is 6.07 Å². The van der Waals surface area contributed by atoms with Gasteiger partial charge in [-0.15, -0.1) is 0 Å². The predicted molar refractivity (Wildman–Crippen MR) is 78.7 cm³/mol. The van der Waals surface area contributed by atoms with Gasteiger partial charge >= 0.3 is 0 Å². The Kier molecular flexibility index (Phi) is 4.99. The standard InChI is InChI=1S/C14H17F2N5/c1-21(2)7-6-17-12-8-13(19-9-18-12)20-14-10(15)4-3-5-11(14)16/h3-5,8-9H,6-7H2,1-2H3,(H2,17,18,19,20). The maximum absolute atomic E-state index is 13.6. The van der Waals surface area contributed by atoms with Crippen LogP contribution >= 0.6 is 0 Å². The summed E-state index contributed by atoms with van der Waals surface area (Å²) in [7, 11) is 3.94. The van der Waals surface area contributed by atoms with Gasteiger partial charge in [-0.2, -0.15) is 0 Å². The van der Waals surface area contributed by atoms with Crippen LogP contribution < -0.4 is 10.6 Å². The van der Waals surface area contributed by atoms with Crippen molar-refractivity contribution in [1.29, 1.82) is 0 Å². The van der Waals surface area contributed by atoms with E-state index in [-0.39, 0.29) is 5.69 Å². The number of rotatable bonds is 6. The summed E-state index contributed by atoms with van der Waals surface area (Å²) in [5, 5.41) is 5.74. The van der Waals surface area contributed by atoms with Gasteiger partial charge in [-0.25, -0.2) is 18.7 Å². The number of para-hydroxylation sites is 1. The lowest BCUT2D eigenvalue weighted by Gasteiger charge is -2.12. The minimum absolute atomic E-state index is 0.226. The van der Waals surface area contributed by atoms with Crippen molar-refractivity contribution in [3.63, 3.8) is 0 Å². The topological polar surface area (TPSA) is 53.1 Å². The highest BCUT2D eigenvalue weighted by Gasteiger charge is 2.09. The van der Waals surface area contributed by atoms with Gasteiger partial charge in [0.15, 0.2) is 0 Å². The first kappa shape index (κ1) is 15.1. The third-order valence-electron chi connectivity index (χ3n) is 2.75. The van der Waals surface area contributed by atoms with Crippen LogP contribution in [0, 0.1) is 11.6 Å². The summed E-state index contributed by atoms with van der Waals surface area (Å²) in [6, 6.07) is 5.28. The molecule has 2 rings (SSSR count). The third-order valence-corrected chi connectivity index (χ3v) is 2.75. The predicted octanol–water partition coefficient (Wildman–Crippen LogP) is 2.47. The van der Waals surface area contributed by atoms with E-state index in [0.29, 0.717) is 18.2 Å². The van der Waals surface area contributed by atoms with Crippen molar-refractivity contribution in [3.05, 3.63) is 42.2 Å². The molecule has 2 N–H and O–H groups in total. The molecule has 5 nitrogen and oxygen atoms in total. The normalized spacial score (nSPS) is 10.7. The van der Waals surface area contributed by atoms with Gasteiger partial charge in [0, 0.05) is 19.2 Å². The van der Waals surface area contributed by atoms with Crippen LogP contribution in [0.3, 0.4) is 0 Å². The maximum atomic E-state index is 13.6. The minimum Gasteiger partial charge on any atom is -0.369 e. The van der Waals surface area contributed by atoms with E-state index in [1.807, 2.05) is 19.0 Å². The molecule has 112 valence electrons. The van der Waals surface area contributed by atoms with Crippen LogP contribution in [-0.4, -0.2) is 42.1 Å². The number of likely N-dealkylation sites (N-methyl/N-ethyl adjacent to an activating group) is 1. The van der Waals surface area contributed by atoms with Crippen molar-refractivity contribution >= 4 is 17.3 Å². The van der Waals surface area contributed by atoms with Crippen molar-refractivity contribution in [2.24, 2.45) is 0 Å². The van der Waals surface area contributed by atoms with Gasteiger partial charge in [0.25, 0.3) is 0 Å². The molecule has 0 aliphatic carbocycles. The summed E-state index contributed by atoms with van der Waals surface area (Å²) < 4.78 is 27.1. The van der Waals surface area contributed by atoms with Crippen molar-refractivity contribution in [3.8, 4) is 0 Å². The largest absolute Gasteiger partial charge is 0.369 e. The molecule has 0 aliphatic heterocycles. The highest BCUT2D eigenvalue weighted by Crippen LogP contribution is 2.22. The molecule has 7 heteroatoms. The lowest BCUT2D eigenvalue weighted by atomic mass is 10.3. The van der Waals surface area contributed by atoms with Crippen LogP contribution in [0.15, 0.2) is 30.6 Å². The molecule has 0 unspecified atom stereocenters. The molecule has 0 fully saturated rings. The molecule has 1 heterocycles. The smallest absolute Gasteiger partial charge is 0.149 e. The number of aromatic nitrogens is 2. The molecule has 1 aromatic heterocycles. The Morgan fingerprint density at radius 2 is 1.76 bits per heavy atom. The number of hydrogen-bond donors (Lipinski definition) is 2. The van der Waals surface area contributed by atoms with E-state index in [4.69, 9.17) is 0 Å². The lowest BCUT2D eigenvalue weighted by molar-refractivity contribution is 0.425. The molecule has 21 heavy (non-hydrogen) atoms. The Labute approximate surface area is 122 Å². The molecule has 0 radical (unpaired) electrons. The Hall–Kier alpha value is -2.28. The molecule has 0 spiro atoms. The molecule has 0 saturated heterocycles. The average Bonchev–Trinajstić information content (AvgIpc) is 2.43. The van der Waals surface area contributed by atoms with Gasteiger partial charge in [-0.3, -0.25) is 0 Å². The highest BCUT2D eigenvalue weighted by molar-refractivity contribution is 5.59. The summed E-state index contributed by atoms with van der Waals surface area (Å²) in [5.74, 6) is -0.432. The zero-order valence-corrected chi connectivity index (χ0v) is 11.9. The van der Waals surface area contributed by atoms with E-state index < -0.39 is 11.6 Å². The van der Waals surface area contributed by atoms with Crippen LogP contribution in [0.25, 0.3) is 0 Å². The quantitative estimate of drug-likeness (QED) is 0.857. The lowest BCUT2D eigenvalue weighted by Crippen LogP contribution is -2.21. The van der Waals surface area contributed by atoms with Crippen LogP contribution in [-0.2, 0) is 0 Å². The molecule has 0 atom stereocenters. The van der Waals surface area contributed by atoms with Crippen LogP contribution in [0.1, 0.15) is 0 Å². The third kappa shape index (κ3) is 4.35. The Balaban J connectivity index is 2.07. The fourth-order valence-electron chi connectivity index (χ4n) is 1.68. The van der Waals surface area contributed by atoms with Gasteiger partial charge < -0.3 is 15.5 Å². The minimum atomic E-state index is -0.671. The van der Waals surface area contributed by atoms with Gasteiger partial charge in [0.2, 0.25) is 0 Å². The zero-order valence-electron chi connectivity index (χ0n) is 11.9. The van der Waals surface area contributed by atoms with E-state index >= 15 is 0 Å². The fourth-order valence-corrected chi connectivity index (χ4v) is 1.68. The fraction of sp³-hybridized carbons (Fsp3) is 0.286. The summed E-state index contributed by atoms with van der Waals surface area (Å²) in [5.41, 5.74) is -0.226. The summed E-state index contributed by atoms with van der Waals surface area (Å²) in [4.78, 5) is 10.0. The van der Waals surface area contributed by atoms with Crippen molar-refractivity contribution in [2.75, 3.05) is 37.8 Å². The molecule has 0 bridgehead atoms. The maximum Gasteiger partial charge on any atom is 0.149 e. The van der Waals surface area contributed by atoms with Gasteiger partial charge in [0.1, 0.15) is 35.3 Å². The van der Waals surface area contributed by atoms with Crippen LogP contribution in [0.4, 0.5) is 26.1 Å². The Morgan fingerprint density at radius 3 is 2.43 bits per heavy atom. The van der Waals surface area contributed by atoms with Gasteiger partial charge in [-0.1, -0.05) is 6.07 Å². The first-order valence-corrected chi connectivity index (χ1v) is 6.48. The molecular formula is C14H17F2N5. The number of hydrogen-bond acceptors (Lipinski definition) is 5. The van der Waals surface area contributed by atoms with Gasteiger partial charge in [0.05, 0.1) is 0 Å². The number of benzene rings is 1. The average molecular weight is 293 g/mol. The van der Waals surface area contributed by atoms with Crippen LogP contribution in [0.2, 0.25) is 0 Å². The molecule has 2 aromatic rings. The molecule has 0 saturated carbocycles.